The third-order valence-corrected chi connectivity index (χ3v) is 5.69. The fourth-order valence-corrected chi connectivity index (χ4v) is 4.00. The Kier molecular flexibility index (Phi) is 4.21. The topological polar surface area (TPSA) is 70.2 Å². The number of H-pyrrole nitrogens is 1. The molecule has 2 aliphatic heterocycles. The van der Waals surface area contributed by atoms with E-state index >= 15 is 0 Å². The standard InChI is InChI=1S/C19H24N4O2/c1-25-15-4-2-14(3-5-15)17-16(12-21-22-17)18(24)23-10-7-19(8-11-23)6-9-20-13-19/h2-5,12,20H,6-11,13H2,1H3,(H,21,22). The molecule has 2 N–H and O–H groups in total. The smallest absolute Gasteiger partial charge is 0.257 e. The fourth-order valence-electron chi connectivity index (χ4n) is 4.00. The Morgan fingerprint density at radius 1 is 1.20 bits per heavy atom. The van der Waals surface area contributed by atoms with Crippen LogP contribution in [0.15, 0.2) is 30.5 Å². The summed E-state index contributed by atoms with van der Waals surface area (Å²) in [6, 6.07) is 7.67. The maximum atomic E-state index is 13.0. The van der Waals surface area contributed by atoms with E-state index in [1.165, 1.54) is 6.42 Å². The zero-order valence-corrected chi connectivity index (χ0v) is 14.5. The number of nitrogens with one attached hydrogen (secondary N) is 2. The summed E-state index contributed by atoms with van der Waals surface area (Å²) in [5.74, 6) is 0.864. The average Bonchev–Trinajstić information content (AvgIpc) is 3.32. The highest BCUT2D eigenvalue weighted by Gasteiger charge is 2.38. The zero-order valence-electron chi connectivity index (χ0n) is 14.5. The molecular weight excluding hydrogens is 316 g/mol. The lowest BCUT2D eigenvalue weighted by atomic mass is 9.78. The zero-order chi connectivity index (χ0) is 17.3. The first-order valence-electron chi connectivity index (χ1n) is 8.89. The Balaban J connectivity index is 1.50. The first-order valence-corrected chi connectivity index (χ1v) is 8.89. The van der Waals surface area contributed by atoms with E-state index in [-0.39, 0.29) is 5.91 Å². The summed E-state index contributed by atoms with van der Waals surface area (Å²) in [4.78, 5) is 15.0. The van der Waals surface area contributed by atoms with Gasteiger partial charge in [-0.05, 0) is 55.5 Å². The number of rotatable bonds is 3. The third-order valence-electron chi connectivity index (χ3n) is 5.69. The van der Waals surface area contributed by atoms with Crippen molar-refractivity contribution in [3.63, 3.8) is 0 Å². The predicted octanol–water partition coefficient (Wildman–Crippen LogP) is 2.30. The van der Waals surface area contributed by atoms with Crippen LogP contribution in [0.1, 0.15) is 29.6 Å². The van der Waals surface area contributed by atoms with Gasteiger partial charge in [-0.1, -0.05) is 0 Å². The van der Waals surface area contributed by atoms with Crippen LogP contribution in [-0.4, -0.2) is 54.3 Å². The van der Waals surface area contributed by atoms with Gasteiger partial charge < -0.3 is 15.0 Å². The van der Waals surface area contributed by atoms with Gasteiger partial charge in [-0.15, -0.1) is 0 Å². The van der Waals surface area contributed by atoms with E-state index in [0.29, 0.717) is 11.0 Å². The number of methoxy groups -OCH3 is 1. The molecule has 4 rings (SSSR count). The maximum Gasteiger partial charge on any atom is 0.257 e. The molecule has 0 unspecified atom stereocenters. The molecule has 2 fully saturated rings. The van der Waals surface area contributed by atoms with Crippen LogP contribution in [0.3, 0.4) is 0 Å². The molecule has 1 aromatic carbocycles. The lowest BCUT2D eigenvalue weighted by Gasteiger charge is -2.38. The molecule has 1 spiro atoms. The molecular formula is C19H24N4O2. The number of ether oxygens (including phenoxy) is 1. The van der Waals surface area contributed by atoms with E-state index in [0.717, 1.165) is 56.0 Å². The lowest BCUT2D eigenvalue weighted by Crippen LogP contribution is -2.44. The Bertz CT molecular complexity index is 737. The quantitative estimate of drug-likeness (QED) is 0.899. The minimum Gasteiger partial charge on any atom is -0.497 e. The highest BCUT2D eigenvalue weighted by molar-refractivity contribution is 5.99. The van der Waals surface area contributed by atoms with Gasteiger partial charge >= 0.3 is 0 Å². The number of aromatic nitrogens is 2. The van der Waals surface area contributed by atoms with Crippen molar-refractivity contribution in [3.05, 3.63) is 36.0 Å². The maximum absolute atomic E-state index is 13.0. The van der Waals surface area contributed by atoms with Crippen molar-refractivity contribution in [2.45, 2.75) is 19.3 Å². The monoisotopic (exact) mass is 340 g/mol. The molecule has 0 atom stereocenters. The Morgan fingerprint density at radius 3 is 2.60 bits per heavy atom. The van der Waals surface area contributed by atoms with Crippen LogP contribution in [0.25, 0.3) is 11.3 Å². The molecule has 6 heteroatoms. The number of benzene rings is 1. The van der Waals surface area contributed by atoms with Gasteiger partial charge in [0.25, 0.3) is 5.91 Å². The number of aromatic amines is 1. The SMILES string of the molecule is COc1ccc(-c2[nH]ncc2C(=O)N2CCC3(CCNC3)CC2)cc1. The summed E-state index contributed by atoms with van der Waals surface area (Å²) in [5, 5.41) is 10.6. The summed E-state index contributed by atoms with van der Waals surface area (Å²) in [5.41, 5.74) is 2.77. The molecule has 0 radical (unpaired) electrons. The van der Waals surface area contributed by atoms with E-state index in [2.05, 4.69) is 15.5 Å². The number of hydrogen-bond acceptors (Lipinski definition) is 4. The number of nitrogens with zero attached hydrogens (tertiary/aromatic N) is 2. The molecule has 3 heterocycles. The average molecular weight is 340 g/mol. The Morgan fingerprint density at radius 2 is 1.96 bits per heavy atom. The number of piperidine rings is 1. The summed E-state index contributed by atoms with van der Waals surface area (Å²) >= 11 is 0. The van der Waals surface area contributed by atoms with Crippen LogP contribution >= 0.6 is 0 Å². The van der Waals surface area contributed by atoms with Crippen LogP contribution in [0, 0.1) is 5.41 Å². The summed E-state index contributed by atoms with van der Waals surface area (Å²) in [7, 11) is 1.64. The number of amides is 1. The molecule has 0 bridgehead atoms. The van der Waals surface area contributed by atoms with Crippen LogP contribution in [0.2, 0.25) is 0 Å². The minimum absolute atomic E-state index is 0.0698. The number of carbonyl (C=O) groups is 1. The van der Waals surface area contributed by atoms with Crippen molar-refractivity contribution in [1.29, 1.82) is 0 Å². The molecule has 1 aromatic heterocycles. The Hall–Kier alpha value is -2.34. The van der Waals surface area contributed by atoms with Gasteiger partial charge in [0, 0.05) is 25.2 Å². The second-order valence-electron chi connectivity index (χ2n) is 7.11. The second-order valence-corrected chi connectivity index (χ2v) is 7.11. The van der Waals surface area contributed by atoms with Crippen LogP contribution < -0.4 is 10.1 Å². The molecule has 2 aromatic rings. The summed E-state index contributed by atoms with van der Waals surface area (Å²) in [6.45, 7) is 3.86. The molecule has 2 aliphatic rings. The van der Waals surface area contributed by atoms with Crippen molar-refractivity contribution >= 4 is 5.91 Å². The summed E-state index contributed by atoms with van der Waals surface area (Å²) < 4.78 is 5.20. The van der Waals surface area contributed by atoms with Crippen LogP contribution in [0.5, 0.6) is 5.75 Å². The first kappa shape index (κ1) is 16.1. The molecule has 0 saturated carbocycles. The number of hydrogen-bond donors (Lipinski definition) is 2. The van der Waals surface area contributed by atoms with E-state index in [1.807, 2.05) is 29.2 Å². The summed E-state index contributed by atoms with van der Waals surface area (Å²) in [6.07, 6.45) is 5.05. The molecule has 1 amide bonds. The van der Waals surface area contributed by atoms with Crippen molar-refractivity contribution < 1.29 is 9.53 Å². The molecule has 2 saturated heterocycles. The van der Waals surface area contributed by atoms with E-state index < -0.39 is 0 Å². The largest absolute Gasteiger partial charge is 0.497 e. The van der Waals surface area contributed by atoms with E-state index in [9.17, 15) is 4.79 Å². The van der Waals surface area contributed by atoms with Gasteiger partial charge in [0.2, 0.25) is 0 Å². The van der Waals surface area contributed by atoms with Gasteiger partial charge in [0.05, 0.1) is 24.6 Å². The van der Waals surface area contributed by atoms with Gasteiger partial charge in [-0.3, -0.25) is 9.89 Å². The highest BCUT2D eigenvalue weighted by atomic mass is 16.5. The van der Waals surface area contributed by atoms with Crippen LogP contribution in [-0.2, 0) is 0 Å². The predicted molar refractivity (Wildman–Crippen MR) is 95.6 cm³/mol. The lowest BCUT2D eigenvalue weighted by molar-refractivity contribution is 0.0608. The van der Waals surface area contributed by atoms with Gasteiger partial charge in [-0.2, -0.15) is 5.10 Å². The first-order chi connectivity index (χ1) is 12.2. The molecule has 0 aliphatic carbocycles. The normalized spacial score (nSPS) is 19.3. The number of carbonyl (C=O) groups excluding carboxylic acids is 1. The highest BCUT2D eigenvalue weighted by Crippen LogP contribution is 2.37. The fraction of sp³-hybridized carbons (Fsp3) is 0.474. The van der Waals surface area contributed by atoms with Crippen LogP contribution in [0.4, 0.5) is 0 Å². The minimum atomic E-state index is 0.0698. The molecule has 25 heavy (non-hydrogen) atoms. The second kappa shape index (κ2) is 6.52. The van der Waals surface area contributed by atoms with E-state index in [1.54, 1.807) is 13.3 Å². The van der Waals surface area contributed by atoms with Crippen molar-refractivity contribution in [2.75, 3.05) is 33.3 Å². The Labute approximate surface area is 147 Å². The molecule has 132 valence electrons. The molecule has 6 nitrogen and oxygen atoms in total. The van der Waals surface area contributed by atoms with Crippen molar-refractivity contribution in [1.82, 2.24) is 20.4 Å². The van der Waals surface area contributed by atoms with Gasteiger partial charge in [0.15, 0.2) is 0 Å². The van der Waals surface area contributed by atoms with Crippen molar-refractivity contribution in [3.8, 4) is 17.0 Å². The van der Waals surface area contributed by atoms with Gasteiger partial charge in [0.1, 0.15) is 5.75 Å². The third kappa shape index (κ3) is 3.02. The van der Waals surface area contributed by atoms with Gasteiger partial charge in [-0.25, -0.2) is 0 Å². The number of likely N-dealkylation sites (tertiary alicyclic amines) is 1. The van der Waals surface area contributed by atoms with E-state index in [4.69, 9.17) is 4.74 Å². The van der Waals surface area contributed by atoms with Crippen molar-refractivity contribution in [2.24, 2.45) is 5.41 Å².